The zero-order chi connectivity index (χ0) is 20.5. The van der Waals surface area contributed by atoms with E-state index in [0.29, 0.717) is 36.9 Å². The van der Waals surface area contributed by atoms with E-state index in [4.69, 9.17) is 11.6 Å². The quantitative estimate of drug-likeness (QED) is 0.434. The number of imide groups is 1. The van der Waals surface area contributed by atoms with Crippen LogP contribution in [0.15, 0.2) is 48.5 Å². The first kappa shape index (κ1) is 19.4. The van der Waals surface area contributed by atoms with Crippen LogP contribution in [0.4, 0.5) is 17.1 Å². The molecule has 0 bridgehead atoms. The summed E-state index contributed by atoms with van der Waals surface area (Å²) in [6, 6.07) is 12.7. The molecule has 29 heavy (non-hydrogen) atoms. The van der Waals surface area contributed by atoms with Crippen molar-refractivity contribution in [2.45, 2.75) is 12.5 Å². The van der Waals surface area contributed by atoms with Gasteiger partial charge in [0.05, 0.1) is 23.1 Å². The number of non-ortho nitro benzene ring substituents is 1. The Morgan fingerprint density at radius 2 is 1.66 bits per heavy atom. The summed E-state index contributed by atoms with van der Waals surface area (Å²) < 4.78 is 0. The van der Waals surface area contributed by atoms with E-state index >= 15 is 0 Å². The SMILES string of the molecule is O=C1C[C@H](N2CCN(c3ccc([N+](=O)[O-])cc3)CC2)C(=O)N1c1cccc(Cl)c1. The van der Waals surface area contributed by atoms with E-state index in [9.17, 15) is 19.7 Å². The van der Waals surface area contributed by atoms with Crippen LogP contribution in [0.2, 0.25) is 5.02 Å². The fraction of sp³-hybridized carbons (Fsp3) is 0.300. The number of hydrogen-bond donors (Lipinski definition) is 0. The minimum atomic E-state index is -0.472. The van der Waals surface area contributed by atoms with Crippen molar-refractivity contribution in [3.05, 3.63) is 63.7 Å². The summed E-state index contributed by atoms with van der Waals surface area (Å²) in [6.07, 6.45) is 0.156. The van der Waals surface area contributed by atoms with Gasteiger partial charge in [-0.1, -0.05) is 17.7 Å². The standard InChI is InChI=1S/C20H19ClN4O4/c21-14-2-1-3-17(12-14)24-19(26)13-18(20(24)27)23-10-8-22(9-11-23)15-4-6-16(7-5-15)25(28)29/h1-7,12,18H,8-11,13H2/t18-/m0/s1. The summed E-state index contributed by atoms with van der Waals surface area (Å²) in [4.78, 5) is 41.2. The van der Waals surface area contributed by atoms with Crippen LogP contribution in [0.5, 0.6) is 0 Å². The van der Waals surface area contributed by atoms with Gasteiger partial charge in [0, 0.05) is 49.0 Å². The summed E-state index contributed by atoms with van der Waals surface area (Å²) >= 11 is 6.00. The van der Waals surface area contributed by atoms with Gasteiger partial charge < -0.3 is 4.90 Å². The molecule has 0 unspecified atom stereocenters. The summed E-state index contributed by atoms with van der Waals surface area (Å²) in [5.41, 5.74) is 1.47. The van der Waals surface area contributed by atoms with Crippen LogP contribution >= 0.6 is 11.6 Å². The number of nitrogens with zero attached hydrogens (tertiary/aromatic N) is 4. The Morgan fingerprint density at radius 1 is 0.966 bits per heavy atom. The van der Waals surface area contributed by atoms with Gasteiger partial charge in [-0.2, -0.15) is 0 Å². The molecular weight excluding hydrogens is 396 g/mol. The Morgan fingerprint density at radius 3 is 2.28 bits per heavy atom. The number of nitro groups is 1. The first-order valence-corrected chi connectivity index (χ1v) is 9.67. The molecule has 0 aliphatic carbocycles. The van der Waals surface area contributed by atoms with Crippen LogP contribution in [0.3, 0.4) is 0 Å². The lowest BCUT2D eigenvalue weighted by atomic mass is 10.1. The zero-order valence-electron chi connectivity index (χ0n) is 15.5. The minimum Gasteiger partial charge on any atom is -0.369 e. The van der Waals surface area contributed by atoms with E-state index in [1.54, 1.807) is 36.4 Å². The van der Waals surface area contributed by atoms with Gasteiger partial charge in [-0.25, -0.2) is 4.90 Å². The van der Waals surface area contributed by atoms with Crippen LogP contribution in [-0.4, -0.2) is 53.9 Å². The van der Waals surface area contributed by atoms with Crippen molar-refractivity contribution in [1.29, 1.82) is 0 Å². The number of piperazine rings is 1. The second kappa shape index (κ2) is 7.81. The average molecular weight is 415 g/mol. The first-order valence-electron chi connectivity index (χ1n) is 9.30. The smallest absolute Gasteiger partial charge is 0.269 e. The number of hydrogen-bond acceptors (Lipinski definition) is 6. The molecule has 0 saturated carbocycles. The van der Waals surface area contributed by atoms with Crippen LogP contribution < -0.4 is 9.80 Å². The number of rotatable bonds is 4. The van der Waals surface area contributed by atoms with Gasteiger partial charge in [0.2, 0.25) is 5.91 Å². The van der Waals surface area contributed by atoms with E-state index in [1.165, 1.54) is 17.0 Å². The summed E-state index contributed by atoms with van der Waals surface area (Å²) in [5.74, 6) is -0.443. The van der Waals surface area contributed by atoms with Gasteiger partial charge in [-0.3, -0.25) is 24.6 Å². The lowest BCUT2D eigenvalue weighted by Gasteiger charge is -2.38. The van der Waals surface area contributed by atoms with Crippen molar-refractivity contribution in [3.63, 3.8) is 0 Å². The zero-order valence-corrected chi connectivity index (χ0v) is 16.3. The van der Waals surface area contributed by atoms with E-state index < -0.39 is 11.0 Å². The largest absolute Gasteiger partial charge is 0.369 e. The molecule has 2 fully saturated rings. The number of anilines is 2. The maximum absolute atomic E-state index is 12.9. The number of nitro benzene ring substituents is 1. The Kier molecular flexibility index (Phi) is 5.21. The summed E-state index contributed by atoms with van der Waals surface area (Å²) in [5, 5.41) is 11.3. The molecule has 0 radical (unpaired) electrons. The molecule has 8 nitrogen and oxygen atoms in total. The van der Waals surface area contributed by atoms with Crippen molar-refractivity contribution >= 4 is 40.5 Å². The highest BCUT2D eigenvalue weighted by molar-refractivity contribution is 6.31. The molecule has 4 rings (SSSR count). The molecule has 2 aliphatic heterocycles. The molecule has 0 aromatic heterocycles. The number of amides is 2. The predicted octanol–water partition coefficient (Wildman–Crippen LogP) is 2.70. The third-order valence-corrected chi connectivity index (χ3v) is 5.61. The maximum atomic E-state index is 12.9. The number of carbonyl (C=O) groups is 2. The van der Waals surface area contributed by atoms with Gasteiger partial charge in [0.25, 0.3) is 11.6 Å². The highest BCUT2D eigenvalue weighted by Crippen LogP contribution is 2.29. The third-order valence-electron chi connectivity index (χ3n) is 5.37. The lowest BCUT2D eigenvalue weighted by Crippen LogP contribution is -2.52. The Labute approximate surface area is 172 Å². The topological polar surface area (TPSA) is 87.0 Å². The monoisotopic (exact) mass is 414 g/mol. The molecule has 9 heteroatoms. The maximum Gasteiger partial charge on any atom is 0.269 e. The normalized spacial score (nSPS) is 20.4. The van der Waals surface area contributed by atoms with Crippen molar-refractivity contribution in [2.75, 3.05) is 36.0 Å². The highest BCUT2D eigenvalue weighted by atomic mass is 35.5. The lowest BCUT2D eigenvalue weighted by molar-refractivity contribution is -0.384. The highest BCUT2D eigenvalue weighted by Gasteiger charge is 2.43. The average Bonchev–Trinajstić information content (AvgIpc) is 3.02. The van der Waals surface area contributed by atoms with Gasteiger partial charge >= 0.3 is 0 Å². The Hall–Kier alpha value is -2.97. The van der Waals surface area contributed by atoms with Crippen LogP contribution in [0.25, 0.3) is 0 Å². The van der Waals surface area contributed by atoms with Crippen LogP contribution in [0.1, 0.15) is 6.42 Å². The van der Waals surface area contributed by atoms with Gasteiger partial charge in [0.1, 0.15) is 0 Å². The number of halogens is 1. The van der Waals surface area contributed by atoms with Crippen molar-refractivity contribution in [2.24, 2.45) is 0 Å². The minimum absolute atomic E-state index is 0.0588. The van der Waals surface area contributed by atoms with Gasteiger partial charge in [-0.15, -0.1) is 0 Å². The molecular formula is C20H19ClN4O4. The molecule has 0 spiro atoms. The van der Waals surface area contributed by atoms with Crippen molar-refractivity contribution in [1.82, 2.24) is 4.90 Å². The molecule has 2 aliphatic rings. The van der Waals surface area contributed by atoms with Crippen LogP contribution in [-0.2, 0) is 9.59 Å². The van der Waals surface area contributed by atoms with E-state index in [-0.39, 0.29) is 23.9 Å². The molecule has 2 amide bonds. The first-order chi connectivity index (χ1) is 13.9. The van der Waals surface area contributed by atoms with Gasteiger partial charge in [-0.05, 0) is 30.3 Å². The number of benzene rings is 2. The fourth-order valence-corrected chi connectivity index (χ4v) is 4.05. The van der Waals surface area contributed by atoms with Crippen molar-refractivity contribution < 1.29 is 14.5 Å². The van der Waals surface area contributed by atoms with E-state index in [0.717, 1.165) is 5.69 Å². The second-order valence-corrected chi connectivity index (χ2v) is 7.50. The second-order valence-electron chi connectivity index (χ2n) is 7.06. The molecule has 2 heterocycles. The third kappa shape index (κ3) is 3.81. The molecule has 2 aromatic carbocycles. The molecule has 2 aromatic rings. The van der Waals surface area contributed by atoms with Gasteiger partial charge in [0.15, 0.2) is 0 Å². The molecule has 1 atom stereocenters. The Bertz CT molecular complexity index is 957. The van der Waals surface area contributed by atoms with Crippen molar-refractivity contribution in [3.8, 4) is 0 Å². The van der Waals surface area contributed by atoms with E-state index in [1.807, 2.05) is 4.90 Å². The Balaban J connectivity index is 1.41. The number of carbonyl (C=O) groups excluding carboxylic acids is 2. The fourth-order valence-electron chi connectivity index (χ4n) is 3.86. The molecule has 0 N–H and O–H groups in total. The summed E-state index contributed by atoms with van der Waals surface area (Å²) in [7, 11) is 0. The van der Waals surface area contributed by atoms with Crippen LogP contribution in [0, 0.1) is 10.1 Å². The van der Waals surface area contributed by atoms with E-state index in [2.05, 4.69) is 4.90 Å². The molecule has 2 saturated heterocycles. The molecule has 150 valence electrons. The predicted molar refractivity (Wildman–Crippen MR) is 109 cm³/mol. The summed E-state index contributed by atoms with van der Waals surface area (Å²) in [6.45, 7) is 2.61.